The van der Waals surface area contributed by atoms with E-state index in [1.54, 1.807) is 6.20 Å². The normalized spacial score (nSPS) is 18.6. The van der Waals surface area contributed by atoms with E-state index in [0.29, 0.717) is 5.13 Å². The summed E-state index contributed by atoms with van der Waals surface area (Å²) in [4.78, 5) is 18.9. The molecule has 1 saturated heterocycles. The summed E-state index contributed by atoms with van der Waals surface area (Å²) in [5, 5.41) is 8.57. The van der Waals surface area contributed by atoms with Gasteiger partial charge in [-0.3, -0.25) is 10.2 Å². The van der Waals surface area contributed by atoms with Gasteiger partial charge in [0.2, 0.25) is 5.91 Å². The Morgan fingerprint density at radius 1 is 1.43 bits per heavy atom. The summed E-state index contributed by atoms with van der Waals surface area (Å²) in [6, 6.07) is 8.36. The average Bonchev–Trinajstić information content (AvgIpc) is 2.95. The number of hydrogen-bond donors (Lipinski definition) is 1. The van der Waals surface area contributed by atoms with Gasteiger partial charge in [0.25, 0.3) is 0 Å². The first-order valence-electron chi connectivity index (χ1n) is 6.64. The first kappa shape index (κ1) is 14.3. The van der Waals surface area contributed by atoms with Crippen molar-refractivity contribution >= 4 is 39.3 Å². The number of benzene rings is 1. The van der Waals surface area contributed by atoms with E-state index in [1.807, 2.05) is 13.0 Å². The van der Waals surface area contributed by atoms with Crippen molar-refractivity contribution in [1.82, 2.24) is 4.98 Å². The van der Waals surface area contributed by atoms with Gasteiger partial charge in [-0.15, -0.1) is 11.3 Å². The SMILES string of the molecule is Cc1cccc(Cc2cnc(N3C(=N)S[C@H](C)C3=O)s2)c1. The van der Waals surface area contributed by atoms with Crippen LogP contribution in [0.25, 0.3) is 0 Å². The van der Waals surface area contributed by atoms with Gasteiger partial charge < -0.3 is 0 Å². The number of rotatable bonds is 3. The van der Waals surface area contributed by atoms with Crippen LogP contribution in [-0.2, 0) is 11.2 Å². The van der Waals surface area contributed by atoms with E-state index in [-0.39, 0.29) is 16.3 Å². The van der Waals surface area contributed by atoms with E-state index >= 15 is 0 Å². The molecule has 2 aromatic rings. The summed E-state index contributed by atoms with van der Waals surface area (Å²) in [7, 11) is 0. The molecule has 1 aromatic heterocycles. The summed E-state index contributed by atoms with van der Waals surface area (Å²) in [6.45, 7) is 3.90. The van der Waals surface area contributed by atoms with Crippen LogP contribution in [0.5, 0.6) is 0 Å². The molecule has 0 radical (unpaired) electrons. The highest BCUT2D eigenvalue weighted by molar-refractivity contribution is 8.16. The van der Waals surface area contributed by atoms with Crippen molar-refractivity contribution in [3.63, 3.8) is 0 Å². The van der Waals surface area contributed by atoms with Crippen LogP contribution in [-0.4, -0.2) is 21.3 Å². The van der Waals surface area contributed by atoms with Gasteiger partial charge in [0, 0.05) is 17.5 Å². The molecule has 1 amide bonds. The second-order valence-corrected chi connectivity index (χ2v) is 7.44. The predicted molar refractivity (Wildman–Crippen MR) is 88.4 cm³/mol. The van der Waals surface area contributed by atoms with Crippen molar-refractivity contribution in [2.24, 2.45) is 0 Å². The zero-order valence-corrected chi connectivity index (χ0v) is 13.4. The molecule has 0 unspecified atom stereocenters. The summed E-state index contributed by atoms with van der Waals surface area (Å²) < 4.78 is 0. The van der Waals surface area contributed by atoms with Gasteiger partial charge >= 0.3 is 0 Å². The topological polar surface area (TPSA) is 57.1 Å². The number of carbonyl (C=O) groups excluding carboxylic acids is 1. The van der Waals surface area contributed by atoms with E-state index < -0.39 is 0 Å². The Kier molecular flexibility index (Phi) is 3.82. The van der Waals surface area contributed by atoms with Crippen LogP contribution in [0.4, 0.5) is 5.13 Å². The van der Waals surface area contributed by atoms with Gasteiger partial charge in [-0.2, -0.15) is 0 Å². The maximum atomic E-state index is 12.1. The minimum atomic E-state index is -0.193. The zero-order chi connectivity index (χ0) is 15.0. The van der Waals surface area contributed by atoms with Crippen LogP contribution in [0.1, 0.15) is 22.9 Å². The number of nitrogens with zero attached hydrogens (tertiary/aromatic N) is 2. The van der Waals surface area contributed by atoms with Crippen molar-refractivity contribution in [2.45, 2.75) is 25.5 Å². The van der Waals surface area contributed by atoms with Gasteiger partial charge in [0.15, 0.2) is 10.3 Å². The third-order valence-electron chi connectivity index (χ3n) is 3.25. The Balaban J connectivity index is 1.81. The maximum Gasteiger partial charge on any atom is 0.248 e. The van der Waals surface area contributed by atoms with Crippen LogP contribution in [0.3, 0.4) is 0 Å². The second-order valence-electron chi connectivity index (χ2n) is 5.01. The van der Waals surface area contributed by atoms with Crippen LogP contribution in [0.15, 0.2) is 30.5 Å². The molecule has 6 heteroatoms. The lowest BCUT2D eigenvalue weighted by molar-refractivity contribution is -0.116. The first-order chi connectivity index (χ1) is 10.0. The van der Waals surface area contributed by atoms with Crippen molar-refractivity contribution in [3.05, 3.63) is 46.5 Å². The number of thioether (sulfide) groups is 1. The molecule has 4 nitrogen and oxygen atoms in total. The zero-order valence-electron chi connectivity index (χ0n) is 11.8. The molecule has 2 heterocycles. The fourth-order valence-electron chi connectivity index (χ4n) is 2.24. The second kappa shape index (κ2) is 5.61. The minimum absolute atomic E-state index is 0.0542. The molecular formula is C15H15N3OS2. The number of aryl methyl sites for hydroxylation is 1. The number of amides is 1. The summed E-state index contributed by atoms with van der Waals surface area (Å²) in [5.74, 6) is -0.0542. The minimum Gasteiger partial charge on any atom is -0.278 e. The Hall–Kier alpha value is -1.66. The lowest BCUT2D eigenvalue weighted by Crippen LogP contribution is -2.30. The Morgan fingerprint density at radius 3 is 2.90 bits per heavy atom. The quantitative estimate of drug-likeness (QED) is 0.943. The average molecular weight is 317 g/mol. The molecule has 1 aromatic carbocycles. The van der Waals surface area contributed by atoms with Crippen molar-refractivity contribution < 1.29 is 4.79 Å². The number of nitrogens with one attached hydrogen (secondary N) is 1. The fraction of sp³-hybridized carbons (Fsp3) is 0.267. The van der Waals surface area contributed by atoms with E-state index in [4.69, 9.17) is 5.41 Å². The molecule has 0 spiro atoms. The van der Waals surface area contributed by atoms with Gasteiger partial charge in [0.05, 0.1) is 5.25 Å². The lowest BCUT2D eigenvalue weighted by atomic mass is 10.1. The van der Waals surface area contributed by atoms with Gasteiger partial charge in [-0.25, -0.2) is 9.88 Å². The number of hydrogen-bond acceptors (Lipinski definition) is 5. The Labute approximate surface area is 131 Å². The molecule has 108 valence electrons. The summed E-state index contributed by atoms with van der Waals surface area (Å²) in [6.07, 6.45) is 2.61. The number of thiazole rings is 1. The van der Waals surface area contributed by atoms with E-state index in [1.165, 1.54) is 39.1 Å². The van der Waals surface area contributed by atoms with Crippen molar-refractivity contribution in [2.75, 3.05) is 4.90 Å². The monoisotopic (exact) mass is 317 g/mol. The van der Waals surface area contributed by atoms with E-state index in [2.05, 4.69) is 30.1 Å². The molecule has 1 aliphatic rings. The van der Waals surface area contributed by atoms with Crippen LogP contribution < -0.4 is 4.90 Å². The third kappa shape index (κ3) is 2.87. The molecule has 0 bridgehead atoms. The van der Waals surface area contributed by atoms with E-state index in [9.17, 15) is 4.79 Å². The lowest BCUT2D eigenvalue weighted by Gasteiger charge is -2.10. The Bertz CT molecular complexity index is 710. The third-order valence-corrected chi connectivity index (χ3v) is 5.20. The highest BCUT2D eigenvalue weighted by Crippen LogP contribution is 2.33. The molecule has 21 heavy (non-hydrogen) atoms. The number of anilines is 1. The van der Waals surface area contributed by atoms with Crippen molar-refractivity contribution in [1.29, 1.82) is 5.41 Å². The standard InChI is InChI=1S/C15H15N3OS2/c1-9-4-3-5-11(6-9)7-12-8-17-15(21-12)18-13(19)10(2)20-14(18)16/h3-6,8,10,16H,7H2,1-2H3/t10-/m1/s1. The van der Waals surface area contributed by atoms with E-state index in [0.717, 1.165) is 11.3 Å². The predicted octanol–water partition coefficient (Wildman–Crippen LogP) is 3.45. The number of aromatic nitrogens is 1. The molecule has 3 rings (SSSR count). The maximum absolute atomic E-state index is 12.1. The van der Waals surface area contributed by atoms with Gasteiger partial charge in [-0.1, -0.05) is 41.6 Å². The van der Waals surface area contributed by atoms with Crippen molar-refractivity contribution in [3.8, 4) is 0 Å². The molecule has 1 N–H and O–H groups in total. The van der Waals surface area contributed by atoms with Crippen LogP contribution >= 0.6 is 23.1 Å². The molecule has 1 fully saturated rings. The highest BCUT2D eigenvalue weighted by atomic mass is 32.2. The Morgan fingerprint density at radius 2 is 2.24 bits per heavy atom. The molecular weight excluding hydrogens is 302 g/mol. The molecule has 0 saturated carbocycles. The first-order valence-corrected chi connectivity index (χ1v) is 8.33. The number of amidine groups is 1. The summed E-state index contributed by atoms with van der Waals surface area (Å²) in [5.41, 5.74) is 2.47. The molecule has 0 aliphatic carbocycles. The molecule has 1 atom stereocenters. The van der Waals surface area contributed by atoms with Gasteiger partial charge in [0.1, 0.15) is 0 Å². The highest BCUT2D eigenvalue weighted by Gasteiger charge is 2.36. The molecule has 1 aliphatic heterocycles. The largest absolute Gasteiger partial charge is 0.278 e. The fourth-order valence-corrected chi connectivity index (χ4v) is 4.08. The van der Waals surface area contributed by atoms with Crippen LogP contribution in [0, 0.1) is 12.3 Å². The summed E-state index contributed by atoms with van der Waals surface area (Å²) >= 11 is 2.75. The van der Waals surface area contributed by atoms with Gasteiger partial charge in [-0.05, 0) is 19.4 Å². The number of carbonyl (C=O) groups is 1. The van der Waals surface area contributed by atoms with Crippen LogP contribution in [0.2, 0.25) is 0 Å². The smallest absolute Gasteiger partial charge is 0.248 e.